The second-order valence-corrected chi connectivity index (χ2v) is 3.66. The Labute approximate surface area is 102 Å². The monoisotopic (exact) mass is 247 g/mol. The van der Waals surface area contributed by atoms with Gasteiger partial charge in [0.2, 0.25) is 0 Å². The van der Waals surface area contributed by atoms with Crippen LogP contribution in [0.1, 0.15) is 10.4 Å². The lowest BCUT2D eigenvalue weighted by atomic mass is 10.1. The summed E-state index contributed by atoms with van der Waals surface area (Å²) < 4.78 is 13.0. The molecule has 0 aromatic heterocycles. The van der Waals surface area contributed by atoms with Crippen molar-refractivity contribution in [2.24, 2.45) is 0 Å². The SMILES string of the molecule is O=C(Nc1ccc(O)cc1)c1cc(F)ccc1O. The highest BCUT2D eigenvalue weighted by atomic mass is 19.1. The minimum absolute atomic E-state index is 0.0709. The van der Waals surface area contributed by atoms with E-state index in [9.17, 15) is 14.3 Å². The average Bonchev–Trinajstić information content (AvgIpc) is 2.35. The van der Waals surface area contributed by atoms with E-state index in [1.54, 1.807) is 0 Å². The van der Waals surface area contributed by atoms with Gasteiger partial charge >= 0.3 is 0 Å². The fraction of sp³-hybridized carbons (Fsp3) is 0. The Morgan fingerprint density at radius 2 is 1.72 bits per heavy atom. The van der Waals surface area contributed by atoms with Gasteiger partial charge in [-0.2, -0.15) is 0 Å². The van der Waals surface area contributed by atoms with E-state index in [2.05, 4.69) is 5.32 Å². The van der Waals surface area contributed by atoms with Crippen LogP contribution in [0.25, 0.3) is 0 Å². The topological polar surface area (TPSA) is 69.6 Å². The number of carbonyl (C=O) groups is 1. The summed E-state index contributed by atoms with van der Waals surface area (Å²) in [6, 6.07) is 8.91. The summed E-state index contributed by atoms with van der Waals surface area (Å²) in [5.41, 5.74) is 0.282. The van der Waals surface area contributed by atoms with Gasteiger partial charge in [-0.25, -0.2) is 4.39 Å². The van der Waals surface area contributed by atoms with Gasteiger partial charge in [0.05, 0.1) is 5.56 Å². The minimum Gasteiger partial charge on any atom is -0.508 e. The summed E-state index contributed by atoms with van der Waals surface area (Å²) in [7, 11) is 0. The zero-order chi connectivity index (χ0) is 13.1. The maximum atomic E-state index is 13.0. The molecule has 0 radical (unpaired) electrons. The first-order valence-electron chi connectivity index (χ1n) is 5.15. The summed E-state index contributed by atoms with van der Waals surface area (Å²) in [6.45, 7) is 0. The van der Waals surface area contributed by atoms with Gasteiger partial charge < -0.3 is 15.5 Å². The standard InChI is InChI=1S/C13H10FNO3/c14-8-1-6-12(17)11(7-8)13(18)15-9-2-4-10(16)5-3-9/h1-7,16-17H,(H,15,18). The van der Waals surface area contributed by atoms with Crippen molar-refractivity contribution in [3.8, 4) is 11.5 Å². The van der Waals surface area contributed by atoms with Crippen LogP contribution < -0.4 is 5.32 Å². The van der Waals surface area contributed by atoms with Crippen molar-refractivity contribution in [2.45, 2.75) is 0 Å². The van der Waals surface area contributed by atoms with Crippen LogP contribution in [0, 0.1) is 5.82 Å². The number of hydrogen-bond donors (Lipinski definition) is 3. The van der Waals surface area contributed by atoms with Crippen LogP contribution in [0.4, 0.5) is 10.1 Å². The molecule has 2 aromatic rings. The van der Waals surface area contributed by atoms with Crippen LogP contribution in [0.15, 0.2) is 42.5 Å². The number of rotatable bonds is 2. The van der Waals surface area contributed by atoms with Gasteiger partial charge in [-0.15, -0.1) is 0 Å². The molecule has 4 nitrogen and oxygen atoms in total. The molecule has 92 valence electrons. The third kappa shape index (κ3) is 2.57. The quantitative estimate of drug-likeness (QED) is 0.714. The molecule has 0 fully saturated rings. The number of anilines is 1. The van der Waals surface area contributed by atoms with Gasteiger partial charge in [-0.1, -0.05) is 0 Å². The van der Waals surface area contributed by atoms with Gasteiger partial charge in [-0.05, 0) is 42.5 Å². The van der Waals surface area contributed by atoms with Crippen LogP contribution in [-0.4, -0.2) is 16.1 Å². The molecule has 0 saturated carbocycles. The predicted octanol–water partition coefficient (Wildman–Crippen LogP) is 2.49. The summed E-state index contributed by atoms with van der Waals surface area (Å²) in [6.07, 6.45) is 0. The van der Waals surface area contributed by atoms with E-state index in [4.69, 9.17) is 5.11 Å². The Kier molecular flexibility index (Phi) is 3.14. The molecule has 3 N–H and O–H groups in total. The lowest BCUT2D eigenvalue weighted by Crippen LogP contribution is -2.12. The fourth-order valence-corrected chi connectivity index (χ4v) is 1.43. The van der Waals surface area contributed by atoms with Crippen molar-refractivity contribution in [1.29, 1.82) is 0 Å². The number of nitrogens with one attached hydrogen (secondary N) is 1. The molecule has 0 unspecified atom stereocenters. The molecule has 2 rings (SSSR count). The van der Waals surface area contributed by atoms with Crippen molar-refractivity contribution in [1.82, 2.24) is 0 Å². The van der Waals surface area contributed by atoms with Crippen LogP contribution in [-0.2, 0) is 0 Å². The second-order valence-electron chi connectivity index (χ2n) is 3.66. The van der Waals surface area contributed by atoms with E-state index in [-0.39, 0.29) is 17.1 Å². The van der Waals surface area contributed by atoms with Crippen LogP contribution in [0.3, 0.4) is 0 Å². The summed E-state index contributed by atoms with van der Waals surface area (Å²) in [5.74, 6) is -1.46. The first-order chi connectivity index (χ1) is 8.56. The Morgan fingerprint density at radius 1 is 1.06 bits per heavy atom. The lowest BCUT2D eigenvalue weighted by Gasteiger charge is -2.07. The number of hydrogen-bond acceptors (Lipinski definition) is 3. The Bertz CT molecular complexity index is 581. The van der Waals surface area contributed by atoms with Gasteiger partial charge in [0.15, 0.2) is 0 Å². The fourth-order valence-electron chi connectivity index (χ4n) is 1.43. The molecule has 0 bridgehead atoms. The molecule has 5 heteroatoms. The molecule has 1 amide bonds. The molecule has 0 aliphatic rings. The van der Waals surface area contributed by atoms with Crippen molar-refractivity contribution >= 4 is 11.6 Å². The Hall–Kier alpha value is -2.56. The number of benzene rings is 2. The average molecular weight is 247 g/mol. The van der Waals surface area contributed by atoms with Gasteiger partial charge in [0.25, 0.3) is 5.91 Å². The molecule has 0 heterocycles. The number of aromatic hydroxyl groups is 2. The highest BCUT2D eigenvalue weighted by Crippen LogP contribution is 2.20. The number of carbonyl (C=O) groups excluding carboxylic acids is 1. The van der Waals surface area contributed by atoms with E-state index < -0.39 is 11.7 Å². The predicted molar refractivity (Wildman–Crippen MR) is 64.1 cm³/mol. The van der Waals surface area contributed by atoms with Gasteiger partial charge in [0.1, 0.15) is 17.3 Å². The lowest BCUT2D eigenvalue weighted by molar-refractivity contribution is 0.102. The van der Waals surface area contributed by atoms with E-state index in [1.165, 1.54) is 24.3 Å². The molecule has 0 aliphatic carbocycles. The Balaban J connectivity index is 2.21. The van der Waals surface area contributed by atoms with E-state index in [1.807, 2.05) is 0 Å². The molecule has 2 aromatic carbocycles. The molecule has 0 saturated heterocycles. The van der Waals surface area contributed by atoms with Crippen molar-refractivity contribution in [2.75, 3.05) is 5.32 Å². The normalized spacial score (nSPS) is 10.1. The maximum Gasteiger partial charge on any atom is 0.259 e. The van der Waals surface area contributed by atoms with E-state index in [0.29, 0.717) is 5.69 Å². The minimum atomic E-state index is -0.627. The highest BCUT2D eigenvalue weighted by Gasteiger charge is 2.12. The van der Waals surface area contributed by atoms with Crippen LogP contribution in [0.5, 0.6) is 11.5 Å². The van der Waals surface area contributed by atoms with Crippen molar-refractivity contribution < 1.29 is 19.4 Å². The third-order valence-electron chi connectivity index (χ3n) is 2.33. The smallest absolute Gasteiger partial charge is 0.259 e. The number of phenolic OH excluding ortho intramolecular Hbond substituents is 2. The van der Waals surface area contributed by atoms with E-state index >= 15 is 0 Å². The first kappa shape index (κ1) is 11.9. The molecular formula is C13H10FNO3. The highest BCUT2D eigenvalue weighted by molar-refractivity contribution is 6.06. The Morgan fingerprint density at radius 3 is 2.39 bits per heavy atom. The second kappa shape index (κ2) is 4.75. The van der Waals surface area contributed by atoms with Crippen molar-refractivity contribution in [3.05, 3.63) is 53.8 Å². The zero-order valence-corrected chi connectivity index (χ0v) is 9.22. The van der Waals surface area contributed by atoms with Crippen LogP contribution >= 0.6 is 0 Å². The maximum absolute atomic E-state index is 13.0. The molecule has 0 aliphatic heterocycles. The van der Waals surface area contributed by atoms with E-state index in [0.717, 1.165) is 18.2 Å². The summed E-state index contributed by atoms with van der Waals surface area (Å²) in [5, 5.41) is 21.0. The number of halogens is 1. The van der Waals surface area contributed by atoms with Crippen LogP contribution in [0.2, 0.25) is 0 Å². The first-order valence-corrected chi connectivity index (χ1v) is 5.15. The van der Waals surface area contributed by atoms with Gasteiger partial charge in [-0.3, -0.25) is 4.79 Å². The molecule has 18 heavy (non-hydrogen) atoms. The zero-order valence-electron chi connectivity index (χ0n) is 9.22. The van der Waals surface area contributed by atoms with Crippen molar-refractivity contribution in [3.63, 3.8) is 0 Å². The summed E-state index contributed by atoms with van der Waals surface area (Å²) in [4.78, 5) is 11.8. The summed E-state index contributed by atoms with van der Waals surface area (Å²) >= 11 is 0. The van der Waals surface area contributed by atoms with Gasteiger partial charge in [0, 0.05) is 5.69 Å². The molecule has 0 atom stereocenters. The largest absolute Gasteiger partial charge is 0.508 e. The number of amides is 1. The third-order valence-corrected chi connectivity index (χ3v) is 2.33. The number of phenols is 2. The molecular weight excluding hydrogens is 237 g/mol. The molecule has 0 spiro atoms.